The van der Waals surface area contributed by atoms with Gasteiger partial charge in [-0.2, -0.15) is 0 Å². The van der Waals surface area contributed by atoms with Crippen LogP contribution in [0.15, 0.2) is 0 Å². The van der Waals surface area contributed by atoms with Gasteiger partial charge in [0.25, 0.3) is 0 Å². The molecule has 0 aliphatic heterocycles. The van der Waals surface area contributed by atoms with Gasteiger partial charge in [0.15, 0.2) is 0 Å². The zero-order valence-electron chi connectivity index (χ0n) is 10.6. The third-order valence-electron chi connectivity index (χ3n) is 3.59. The fraction of sp³-hybridized carbons (Fsp3) is 0.917. The smallest absolute Gasteiger partial charge is 0.317 e. The van der Waals surface area contributed by atoms with Crippen LogP contribution in [0.5, 0.6) is 0 Å². The molecule has 0 radical (unpaired) electrons. The maximum atomic E-state index is 11.5. The number of aliphatic hydroxyl groups is 1. The Morgan fingerprint density at radius 3 is 2.56 bits per heavy atom. The van der Waals surface area contributed by atoms with Crippen LogP contribution in [0.4, 0.5) is 4.79 Å². The Labute approximate surface area is 98.0 Å². The molecule has 2 N–H and O–H groups in total. The number of hydrogen-bond donors (Lipinski definition) is 2. The first-order chi connectivity index (χ1) is 7.47. The summed E-state index contributed by atoms with van der Waals surface area (Å²) in [5, 5.41) is 13.1. The molecule has 4 nitrogen and oxygen atoms in total. The van der Waals surface area contributed by atoms with Crippen molar-refractivity contribution < 1.29 is 9.90 Å². The van der Waals surface area contributed by atoms with Crippen LogP contribution in [0.25, 0.3) is 0 Å². The van der Waals surface area contributed by atoms with Crippen molar-refractivity contribution in [3.63, 3.8) is 0 Å². The molecule has 1 fully saturated rings. The first-order valence-electron chi connectivity index (χ1n) is 6.18. The van der Waals surface area contributed by atoms with Crippen LogP contribution in [0.1, 0.15) is 39.5 Å². The lowest BCUT2D eigenvalue weighted by molar-refractivity contribution is -0.00455. The molecule has 1 aliphatic carbocycles. The van der Waals surface area contributed by atoms with E-state index in [1.807, 2.05) is 6.92 Å². The van der Waals surface area contributed by atoms with Gasteiger partial charge in [-0.1, -0.05) is 6.92 Å². The summed E-state index contributed by atoms with van der Waals surface area (Å²) in [7, 11) is 1.75. The number of amides is 2. The van der Waals surface area contributed by atoms with Gasteiger partial charge in [0, 0.05) is 20.1 Å². The zero-order valence-corrected chi connectivity index (χ0v) is 10.6. The van der Waals surface area contributed by atoms with Crippen LogP contribution < -0.4 is 5.32 Å². The lowest BCUT2D eigenvalue weighted by atomic mass is 9.79. The molecule has 16 heavy (non-hydrogen) atoms. The van der Waals surface area contributed by atoms with Crippen LogP contribution >= 0.6 is 0 Å². The zero-order chi connectivity index (χ0) is 12.2. The van der Waals surface area contributed by atoms with Crippen LogP contribution in [0, 0.1) is 5.92 Å². The van der Waals surface area contributed by atoms with Crippen molar-refractivity contribution in [2.24, 2.45) is 5.92 Å². The third kappa shape index (κ3) is 3.67. The van der Waals surface area contributed by atoms with Crippen molar-refractivity contribution in [3.8, 4) is 0 Å². The van der Waals surface area contributed by atoms with Crippen molar-refractivity contribution in [1.29, 1.82) is 0 Å². The average Bonchev–Trinajstić information content (AvgIpc) is 2.29. The lowest BCUT2D eigenvalue weighted by Gasteiger charge is -2.35. The van der Waals surface area contributed by atoms with Crippen LogP contribution in [0.2, 0.25) is 0 Å². The second-order valence-corrected chi connectivity index (χ2v) is 5.08. The predicted molar refractivity (Wildman–Crippen MR) is 64.3 cm³/mol. The highest BCUT2D eigenvalue weighted by Crippen LogP contribution is 2.31. The van der Waals surface area contributed by atoms with Crippen LogP contribution in [-0.4, -0.2) is 41.8 Å². The molecule has 94 valence electrons. The molecule has 4 heteroatoms. The van der Waals surface area contributed by atoms with E-state index in [1.54, 1.807) is 11.9 Å². The largest absolute Gasteiger partial charge is 0.388 e. The normalized spacial score (nSPS) is 29.9. The van der Waals surface area contributed by atoms with Gasteiger partial charge in [-0.3, -0.25) is 0 Å². The highest BCUT2D eigenvalue weighted by molar-refractivity contribution is 5.73. The van der Waals surface area contributed by atoms with E-state index in [-0.39, 0.29) is 6.03 Å². The fourth-order valence-electron chi connectivity index (χ4n) is 1.99. The SMILES string of the molecule is CCN(C)C(=O)NCC1(O)CCC(C)CC1. The van der Waals surface area contributed by atoms with Gasteiger partial charge in [-0.05, 0) is 38.5 Å². The van der Waals surface area contributed by atoms with Gasteiger partial charge in [-0.15, -0.1) is 0 Å². The summed E-state index contributed by atoms with van der Waals surface area (Å²) in [6.07, 6.45) is 3.69. The molecule has 0 aromatic rings. The molecule has 0 bridgehead atoms. The number of nitrogens with zero attached hydrogens (tertiary/aromatic N) is 1. The van der Waals surface area contributed by atoms with E-state index in [2.05, 4.69) is 12.2 Å². The Morgan fingerprint density at radius 1 is 1.50 bits per heavy atom. The number of hydrogen-bond acceptors (Lipinski definition) is 2. The van der Waals surface area contributed by atoms with E-state index in [0.717, 1.165) is 25.7 Å². The van der Waals surface area contributed by atoms with E-state index >= 15 is 0 Å². The highest BCUT2D eigenvalue weighted by atomic mass is 16.3. The fourth-order valence-corrected chi connectivity index (χ4v) is 1.99. The van der Waals surface area contributed by atoms with Crippen LogP contribution in [-0.2, 0) is 0 Å². The monoisotopic (exact) mass is 228 g/mol. The number of rotatable bonds is 3. The molecule has 2 amide bonds. The highest BCUT2D eigenvalue weighted by Gasteiger charge is 2.32. The number of urea groups is 1. The van der Waals surface area contributed by atoms with E-state index in [9.17, 15) is 9.90 Å². The number of carbonyl (C=O) groups is 1. The Morgan fingerprint density at radius 2 is 2.06 bits per heavy atom. The first kappa shape index (κ1) is 13.3. The average molecular weight is 228 g/mol. The van der Waals surface area contributed by atoms with Gasteiger partial charge >= 0.3 is 6.03 Å². The summed E-state index contributed by atoms with van der Waals surface area (Å²) in [5.74, 6) is 0.703. The van der Waals surface area contributed by atoms with Crippen molar-refractivity contribution in [3.05, 3.63) is 0 Å². The molecular formula is C12H24N2O2. The minimum absolute atomic E-state index is 0.102. The Balaban J connectivity index is 2.34. The Hall–Kier alpha value is -0.770. The summed E-state index contributed by atoms with van der Waals surface area (Å²) in [4.78, 5) is 13.1. The van der Waals surface area contributed by atoms with Crippen molar-refractivity contribution in [2.45, 2.75) is 45.1 Å². The summed E-state index contributed by atoms with van der Waals surface area (Å²) in [5.41, 5.74) is -0.684. The van der Waals surface area contributed by atoms with Crippen molar-refractivity contribution in [1.82, 2.24) is 10.2 Å². The molecular weight excluding hydrogens is 204 g/mol. The van der Waals surface area contributed by atoms with Gasteiger partial charge < -0.3 is 15.3 Å². The molecule has 0 saturated heterocycles. The summed E-state index contributed by atoms with van der Waals surface area (Å²) >= 11 is 0. The molecule has 1 aliphatic rings. The standard InChI is InChI=1S/C12H24N2O2/c1-4-14(3)11(15)13-9-12(16)7-5-10(2)6-8-12/h10,16H,4-9H2,1-3H3,(H,13,15). The Kier molecular flexibility index (Phi) is 4.59. The van der Waals surface area contributed by atoms with Crippen LogP contribution in [0.3, 0.4) is 0 Å². The Bertz CT molecular complexity index is 235. The van der Waals surface area contributed by atoms with Gasteiger partial charge in [0.1, 0.15) is 0 Å². The van der Waals surface area contributed by atoms with Gasteiger partial charge in [-0.25, -0.2) is 4.79 Å². The summed E-state index contributed by atoms with van der Waals surface area (Å²) in [6.45, 7) is 5.20. The molecule has 0 aromatic carbocycles. The molecule has 0 unspecified atom stereocenters. The topological polar surface area (TPSA) is 52.6 Å². The number of nitrogens with one attached hydrogen (secondary N) is 1. The van der Waals surface area contributed by atoms with Crippen molar-refractivity contribution in [2.75, 3.05) is 20.1 Å². The molecule has 1 saturated carbocycles. The minimum atomic E-state index is -0.684. The van der Waals surface area contributed by atoms with E-state index < -0.39 is 5.60 Å². The number of carbonyl (C=O) groups excluding carboxylic acids is 1. The van der Waals surface area contributed by atoms with E-state index in [4.69, 9.17) is 0 Å². The maximum absolute atomic E-state index is 11.5. The predicted octanol–water partition coefficient (Wildman–Crippen LogP) is 1.59. The second-order valence-electron chi connectivity index (χ2n) is 5.08. The van der Waals surface area contributed by atoms with E-state index in [1.165, 1.54) is 0 Å². The third-order valence-corrected chi connectivity index (χ3v) is 3.59. The second kappa shape index (κ2) is 5.53. The maximum Gasteiger partial charge on any atom is 0.317 e. The minimum Gasteiger partial charge on any atom is -0.388 e. The summed E-state index contributed by atoms with van der Waals surface area (Å²) < 4.78 is 0. The molecule has 1 rings (SSSR count). The molecule has 0 atom stereocenters. The lowest BCUT2D eigenvalue weighted by Crippen LogP contribution is -2.48. The molecule has 0 heterocycles. The van der Waals surface area contributed by atoms with Crippen molar-refractivity contribution >= 4 is 6.03 Å². The molecule has 0 aromatic heterocycles. The quantitative estimate of drug-likeness (QED) is 0.770. The van der Waals surface area contributed by atoms with Gasteiger partial charge in [0.2, 0.25) is 0 Å². The van der Waals surface area contributed by atoms with Gasteiger partial charge in [0.05, 0.1) is 5.60 Å². The molecule has 0 spiro atoms. The van der Waals surface area contributed by atoms with E-state index in [0.29, 0.717) is 19.0 Å². The first-order valence-corrected chi connectivity index (χ1v) is 6.18. The summed E-state index contributed by atoms with van der Waals surface area (Å²) in [6, 6.07) is -0.102.